The van der Waals surface area contributed by atoms with Crippen molar-refractivity contribution in [2.75, 3.05) is 5.75 Å². The first kappa shape index (κ1) is 35.3. The molecule has 0 aliphatic heterocycles. The van der Waals surface area contributed by atoms with Crippen LogP contribution < -0.4 is 5.32 Å². The molecule has 0 fully saturated rings. The zero-order valence-corrected chi connectivity index (χ0v) is 24.5. The number of amides is 1. The van der Waals surface area contributed by atoms with Gasteiger partial charge >= 0.3 is 0 Å². The van der Waals surface area contributed by atoms with E-state index in [4.69, 9.17) is 0 Å². The Morgan fingerprint density at radius 1 is 0.639 bits per heavy atom. The molecule has 3 N–H and O–H groups in total. The predicted molar refractivity (Wildman–Crippen MR) is 152 cm³/mol. The molecular weight excluding hydrogens is 474 g/mol. The highest BCUT2D eigenvalue weighted by Gasteiger charge is 2.26. The number of nitrogens with one attached hydrogen (secondary N) is 1. The summed E-state index contributed by atoms with van der Waals surface area (Å²) in [6.07, 6.45) is 24.8. The van der Waals surface area contributed by atoms with Crippen LogP contribution in [-0.4, -0.2) is 41.9 Å². The number of carbonyl (C=O) groups excluding carboxylic acids is 1. The largest absolute Gasteiger partial charge is 0.391 e. The van der Waals surface area contributed by atoms with Gasteiger partial charge < -0.3 is 10.4 Å². The average molecular weight is 534 g/mol. The number of hydrogen-bond acceptors (Lipinski definition) is 4. The Balaban J connectivity index is 4.01. The van der Waals surface area contributed by atoms with Crippen molar-refractivity contribution in [3.63, 3.8) is 0 Å². The van der Waals surface area contributed by atoms with Crippen molar-refractivity contribution in [3.05, 3.63) is 0 Å². The van der Waals surface area contributed by atoms with Gasteiger partial charge in [0.15, 0.2) is 0 Å². The van der Waals surface area contributed by atoms with Crippen LogP contribution in [0.15, 0.2) is 0 Å². The molecule has 216 valence electrons. The minimum Gasteiger partial charge on any atom is -0.391 e. The van der Waals surface area contributed by atoms with Gasteiger partial charge in [-0.15, -0.1) is 0 Å². The molecule has 0 heterocycles. The Morgan fingerprint density at radius 2 is 1.00 bits per heavy atom. The predicted octanol–water partition coefficient (Wildman–Crippen LogP) is 7.73. The van der Waals surface area contributed by atoms with Crippen LogP contribution in [0.5, 0.6) is 0 Å². The molecule has 0 aliphatic rings. The molecular formula is C29H59NO5S. The highest BCUT2D eigenvalue weighted by molar-refractivity contribution is 7.85. The first-order valence-electron chi connectivity index (χ1n) is 15.2. The quantitative estimate of drug-likeness (QED) is 0.0740. The Hall–Kier alpha value is -0.660. The lowest BCUT2D eigenvalue weighted by molar-refractivity contribution is -0.122. The number of unbranched alkanes of at least 4 members (excludes halogenated alkanes) is 19. The Kier molecular flexibility index (Phi) is 24.2. The second-order valence-electron chi connectivity index (χ2n) is 10.7. The van der Waals surface area contributed by atoms with Crippen molar-refractivity contribution in [1.29, 1.82) is 0 Å². The normalized spacial score (nSPS) is 13.6. The topological polar surface area (TPSA) is 104 Å². The second kappa shape index (κ2) is 24.7. The van der Waals surface area contributed by atoms with Crippen LogP contribution in [0.3, 0.4) is 0 Å². The molecule has 7 heteroatoms. The first-order valence-corrected chi connectivity index (χ1v) is 16.8. The van der Waals surface area contributed by atoms with Crippen LogP contribution in [0.25, 0.3) is 0 Å². The summed E-state index contributed by atoms with van der Waals surface area (Å²) in [5.41, 5.74) is 0. The number of hydrogen-bond donors (Lipinski definition) is 3. The molecule has 2 unspecified atom stereocenters. The number of carbonyl (C=O) groups is 1. The molecule has 0 aromatic carbocycles. The van der Waals surface area contributed by atoms with Crippen molar-refractivity contribution in [2.24, 2.45) is 0 Å². The van der Waals surface area contributed by atoms with E-state index in [1.54, 1.807) is 0 Å². The average Bonchev–Trinajstić information content (AvgIpc) is 2.82. The highest BCUT2D eigenvalue weighted by atomic mass is 32.2. The van der Waals surface area contributed by atoms with Crippen molar-refractivity contribution >= 4 is 16.0 Å². The van der Waals surface area contributed by atoms with Crippen LogP contribution in [0.2, 0.25) is 0 Å². The molecule has 0 saturated heterocycles. The van der Waals surface area contributed by atoms with E-state index < -0.39 is 28.0 Å². The SMILES string of the molecule is CCCCCCCCCCCCCC(=O)NC(CS(=O)(=O)O)C(O)CCCCCCCCCCCC. The molecule has 0 radical (unpaired) electrons. The number of rotatable bonds is 27. The molecule has 0 aliphatic carbocycles. The zero-order chi connectivity index (χ0) is 26.9. The molecule has 0 spiro atoms. The number of aliphatic hydroxyl groups is 1. The fourth-order valence-electron chi connectivity index (χ4n) is 4.75. The van der Waals surface area contributed by atoms with E-state index >= 15 is 0 Å². The summed E-state index contributed by atoms with van der Waals surface area (Å²) in [4.78, 5) is 12.3. The van der Waals surface area contributed by atoms with E-state index in [2.05, 4.69) is 19.2 Å². The van der Waals surface area contributed by atoms with Crippen LogP contribution in [0.1, 0.15) is 162 Å². The summed E-state index contributed by atoms with van der Waals surface area (Å²) in [7, 11) is -4.29. The maximum Gasteiger partial charge on any atom is 0.266 e. The summed E-state index contributed by atoms with van der Waals surface area (Å²) in [5, 5.41) is 13.2. The molecule has 6 nitrogen and oxygen atoms in total. The van der Waals surface area contributed by atoms with Gasteiger partial charge in [-0.25, -0.2) is 0 Å². The maximum atomic E-state index is 12.3. The summed E-state index contributed by atoms with van der Waals surface area (Å²) >= 11 is 0. The molecule has 1 amide bonds. The third kappa shape index (κ3) is 25.0. The van der Waals surface area contributed by atoms with Gasteiger partial charge in [-0.1, -0.05) is 142 Å². The zero-order valence-electron chi connectivity index (χ0n) is 23.7. The first-order chi connectivity index (χ1) is 17.3. The Labute approximate surface area is 223 Å². The monoisotopic (exact) mass is 533 g/mol. The minimum atomic E-state index is -4.29. The molecule has 0 aromatic heterocycles. The molecule has 2 atom stereocenters. The molecule has 36 heavy (non-hydrogen) atoms. The van der Waals surface area contributed by atoms with Gasteiger partial charge in [0.2, 0.25) is 5.91 Å². The lowest BCUT2D eigenvalue weighted by atomic mass is 10.0. The second-order valence-corrected chi connectivity index (χ2v) is 12.2. The van der Waals surface area contributed by atoms with E-state index in [-0.39, 0.29) is 5.91 Å². The van der Waals surface area contributed by atoms with Gasteiger partial charge in [-0.05, 0) is 12.8 Å². The van der Waals surface area contributed by atoms with E-state index in [9.17, 15) is 22.9 Å². The Morgan fingerprint density at radius 3 is 1.39 bits per heavy atom. The van der Waals surface area contributed by atoms with Gasteiger partial charge in [0.25, 0.3) is 10.1 Å². The summed E-state index contributed by atoms with van der Waals surface area (Å²) in [6.45, 7) is 4.45. The lowest BCUT2D eigenvalue weighted by Crippen LogP contribution is -2.47. The standard InChI is InChI=1S/C29H59NO5S/c1-3-5-7-9-11-13-15-17-19-21-23-25-29(32)30-27(26-36(33,34)35)28(31)24-22-20-18-16-14-12-10-8-6-4-2/h27-28,31H,3-26H2,1-2H3,(H,30,32)(H,33,34,35). The Bertz CT molecular complexity index is 596. The lowest BCUT2D eigenvalue weighted by Gasteiger charge is -2.23. The van der Waals surface area contributed by atoms with Crippen LogP contribution in [0.4, 0.5) is 0 Å². The fraction of sp³-hybridized carbons (Fsp3) is 0.966. The van der Waals surface area contributed by atoms with Crippen molar-refractivity contribution in [3.8, 4) is 0 Å². The summed E-state index contributed by atoms with van der Waals surface area (Å²) in [6, 6.07) is -0.959. The van der Waals surface area contributed by atoms with Crippen LogP contribution in [-0.2, 0) is 14.9 Å². The fourth-order valence-corrected chi connectivity index (χ4v) is 5.51. The van der Waals surface area contributed by atoms with Crippen LogP contribution in [0, 0.1) is 0 Å². The van der Waals surface area contributed by atoms with Crippen molar-refractivity contribution < 1.29 is 22.9 Å². The maximum absolute atomic E-state index is 12.3. The van der Waals surface area contributed by atoms with Crippen molar-refractivity contribution in [1.82, 2.24) is 5.32 Å². The van der Waals surface area contributed by atoms with E-state index in [0.717, 1.165) is 38.5 Å². The van der Waals surface area contributed by atoms with Gasteiger partial charge in [0.1, 0.15) is 0 Å². The van der Waals surface area contributed by atoms with Gasteiger partial charge in [-0.3, -0.25) is 9.35 Å². The van der Waals surface area contributed by atoms with E-state index in [1.807, 2.05) is 0 Å². The van der Waals surface area contributed by atoms with Crippen LogP contribution >= 0.6 is 0 Å². The molecule has 0 saturated carbocycles. The third-order valence-electron chi connectivity index (χ3n) is 7.06. The minimum absolute atomic E-state index is 0.248. The van der Waals surface area contributed by atoms with E-state index in [1.165, 1.54) is 96.3 Å². The third-order valence-corrected chi connectivity index (χ3v) is 7.84. The highest BCUT2D eigenvalue weighted by Crippen LogP contribution is 2.15. The number of aliphatic hydroxyl groups excluding tert-OH is 1. The molecule has 0 aromatic rings. The van der Waals surface area contributed by atoms with Gasteiger partial charge in [-0.2, -0.15) is 8.42 Å². The van der Waals surface area contributed by atoms with E-state index in [0.29, 0.717) is 12.8 Å². The smallest absolute Gasteiger partial charge is 0.266 e. The molecule has 0 rings (SSSR count). The van der Waals surface area contributed by atoms with Gasteiger partial charge in [0.05, 0.1) is 17.9 Å². The van der Waals surface area contributed by atoms with Crippen molar-refractivity contribution in [2.45, 2.75) is 174 Å². The summed E-state index contributed by atoms with van der Waals surface area (Å²) in [5.74, 6) is -0.891. The summed E-state index contributed by atoms with van der Waals surface area (Å²) < 4.78 is 32.1. The molecule has 0 bridgehead atoms. The van der Waals surface area contributed by atoms with Gasteiger partial charge in [0, 0.05) is 6.42 Å².